The van der Waals surface area contributed by atoms with Gasteiger partial charge in [0.1, 0.15) is 11.4 Å². The molecular formula is C28H27ClFN3O4S. The molecule has 0 radical (unpaired) electrons. The number of aliphatic imine (C=N–C) groups is 1. The van der Waals surface area contributed by atoms with E-state index in [0.717, 1.165) is 56.0 Å². The van der Waals surface area contributed by atoms with Gasteiger partial charge in [0.2, 0.25) is 15.3 Å². The number of nitrogens with zero attached hydrogens (tertiary/aromatic N) is 1. The quantitative estimate of drug-likeness (QED) is 0.410. The summed E-state index contributed by atoms with van der Waals surface area (Å²) >= 11 is 5.89. The summed E-state index contributed by atoms with van der Waals surface area (Å²) in [4.78, 5) is 31.2. The second-order valence-corrected chi connectivity index (χ2v) is 12.5. The topological polar surface area (TPSA) is 108 Å². The highest BCUT2D eigenvalue weighted by molar-refractivity contribution is 7.93. The highest BCUT2D eigenvalue weighted by Gasteiger charge is 2.45. The summed E-state index contributed by atoms with van der Waals surface area (Å²) in [5.74, 6) is -1.39. The van der Waals surface area contributed by atoms with Gasteiger partial charge in [-0.25, -0.2) is 12.8 Å². The average Bonchev–Trinajstić information content (AvgIpc) is 3.39. The number of pyridine rings is 1. The van der Waals surface area contributed by atoms with Crippen molar-refractivity contribution in [3.05, 3.63) is 86.9 Å². The lowest BCUT2D eigenvalue weighted by atomic mass is 9.85. The monoisotopic (exact) mass is 555 g/mol. The van der Waals surface area contributed by atoms with Crippen molar-refractivity contribution in [2.75, 3.05) is 0 Å². The van der Waals surface area contributed by atoms with Crippen molar-refractivity contribution < 1.29 is 17.6 Å². The van der Waals surface area contributed by atoms with Crippen LogP contribution in [-0.4, -0.2) is 30.4 Å². The van der Waals surface area contributed by atoms with Gasteiger partial charge in [0.05, 0.1) is 15.8 Å². The standard InChI is InChI=1S/C28H27ClFN3O4S/c29-20-9-7-19(8-10-20)16-32-27(35)23-17-31-25-22(26(23)34)13-21(14-24(25)30)38(36,37)28(11-4-12-33-28)15-18-5-2-1-3-6-18/h4,7-14,17-18H,1-3,5-6,15-16H2,(H,31,34)(H,32,35). The van der Waals surface area contributed by atoms with Crippen molar-refractivity contribution in [1.29, 1.82) is 0 Å². The van der Waals surface area contributed by atoms with E-state index in [2.05, 4.69) is 15.3 Å². The molecule has 10 heteroatoms. The van der Waals surface area contributed by atoms with E-state index in [1.165, 1.54) is 6.21 Å². The van der Waals surface area contributed by atoms with E-state index in [0.29, 0.717) is 11.4 Å². The van der Waals surface area contributed by atoms with E-state index in [1.807, 2.05) is 0 Å². The second-order valence-electron chi connectivity index (χ2n) is 9.86. The van der Waals surface area contributed by atoms with Gasteiger partial charge in [-0.3, -0.25) is 14.6 Å². The average molecular weight is 556 g/mol. The van der Waals surface area contributed by atoms with Crippen LogP contribution in [0.25, 0.3) is 10.9 Å². The Morgan fingerprint density at radius 3 is 2.58 bits per heavy atom. The number of carbonyl (C=O) groups excluding carboxylic acids is 1. The molecule has 1 atom stereocenters. The second kappa shape index (κ2) is 10.5. The molecule has 0 bridgehead atoms. The first-order chi connectivity index (χ1) is 18.2. The highest BCUT2D eigenvalue weighted by Crippen LogP contribution is 2.41. The molecular weight excluding hydrogens is 529 g/mol. The Morgan fingerprint density at radius 1 is 1.16 bits per heavy atom. The summed E-state index contributed by atoms with van der Waals surface area (Å²) in [6.07, 6.45) is 11.1. The number of aromatic nitrogens is 1. The molecule has 38 heavy (non-hydrogen) atoms. The highest BCUT2D eigenvalue weighted by atomic mass is 35.5. The minimum Gasteiger partial charge on any atom is -0.358 e. The predicted molar refractivity (Wildman–Crippen MR) is 146 cm³/mol. The SMILES string of the molecule is O=C(NCc1ccc(Cl)cc1)c1c[nH]c2c(F)cc(S(=O)(=O)C3(CC4CCCCC4)C=CC=N3)cc2c1=O. The fraction of sp³-hybridized carbons (Fsp3) is 0.321. The lowest BCUT2D eigenvalue weighted by Crippen LogP contribution is -2.36. The number of aromatic amines is 1. The third-order valence-corrected chi connectivity index (χ3v) is 9.79. The van der Waals surface area contributed by atoms with Gasteiger partial charge in [-0.05, 0) is 54.3 Å². The van der Waals surface area contributed by atoms with E-state index in [9.17, 15) is 18.0 Å². The molecule has 1 aromatic heterocycles. The molecule has 2 heterocycles. The van der Waals surface area contributed by atoms with Crippen LogP contribution >= 0.6 is 11.6 Å². The van der Waals surface area contributed by atoms with E-state index < -0.39 is 31.9 Å². The Morgan fingerprint density at radius 2 is 1.89 bits per heavy atom. The summed E-state index contributed by atoms with van der Waals surface area (Å²) in [7, 11) is -4.20. The molecule has 1 amide bonds. The first-order valence-electron chi connectivity index (χ1n) is 12.6. The lowest BCUT2D eigenvalue weighted by Gasteiger charge is -2.31. The molecule has 1 aliphatic heterocycles. The van der Waals surface area contributed by atoms with Gasteiger partial charge in [0.15, 0.2) is 4.87 Å². The van der Waals surface area contributed by atoms with Crippen molar-refractivity contribution in [3.8, 4) is 0 Å². The summed E-state index contributed by atoms with van der Waals surface area (Å²) in [5, 5.41) is 2.99. The molecule has 3 aromatic rings. The Labute approximate surface area is 224 Å². The number of nitrogens with one attached hydrogen (secondary N) is 2. The maximum atomic E-state index is 15.2. The van der Waals surface area contributed by atoms with Crippen LogP contribution in [0, 0.1) is 11.7 Å². The summed E-state index contributed by atoms with van der Waals surface area (Å²) in [6, 6.07) is 8.90. The lowest BCUT2D eigenvalue weighted by molar-refractivity contribution is 0.0949. The van der Waals surface area contributed by atoms with E-state index >= 15 is 4.39 Å². The van der Waals surface area contributed by atoms with Gasteiger partial charge in [0.25, 0.3) is 5.91 Å². The number of benzene rings is 2. The van der Waals surface area contributed by atoms with Crippen molar-refractivity contribution in [1.82, 2.24) is 10.3 Å². The minimum absolute atomic E-state index is 0.143. The molecule has 5 rings (SSSR count). The van der Waals surface area contributed by atoms with Gasteiger partial charge in [0, 0.05) is 24.0 Å². The Kier molecular flexibility index (Phi) is 7.24. The maximum Gasteiger partial charge on any atom is 0.257 e. The number of allylic oxidation sites excluding steroid dienone is 1. The third-order valence-electron chi connectivity index (χ3n) is 7.34. The summed E-state index contributed by atoms with van der Waals surface area (Å²) < 4.78 is 43.0. The first-order valence-corrected chi connectivity index (χ1v) is 14.4. The van der Waals surface area contributed by atoms with Crippen LogP contribution in [0.1, 0.15) is 54.4 Å². The predicted octanol–water partition coefficient (Wildman–Crippen LogP) is 5.33. The number of fused-ring (bicyclic) bond motifs is 1. The van der Waals surface area contributed by atoms with Crippen LogP contribution < -0.4 is 10.7 Å². The smallest absolute Gasteiger partial charge is 0.257 e. The van der Waals surface area contributed by atoms with Crippen LogP contribution in [-0.2, 0) is 16.4 Å². The zero-order chi connectivity index (χ0) is 26.9. The number of sulfone groups is 1. The number of rotatable bonds is 7. The maximum absolute atomic E-state index is 15.2. The molecule has 1 saturated carbocycles. The van der Waals surface area contributed by atoms with Gasteiger partial charge in [-0.1, -0.05) is 55.8 Å². The van der Waals surface area contributed by atoms with Crippen molar-refractivity contribution in [3.63, 3.8) is 0 Å². The molecule has 7 nitrogen and oxygen atoms in total. The Bertz CT molecular complexity index is 1600. The largest absolute Gasteiger partial charge is 0.358 e. The molecule has 1 unspecified atom stereocenters. The molecule has 2 N–H and O–H groups in total. The van der Waals surface area contributed by atoms with Crippen LogP contribution in [0.2, 0.25) is 5.02 Å². The molecule has 2 aromatic carbocycles. The first kappa shape index (κ1) is 26.3. The number of hydrogen-bond acceptors (Lipinski definition) is 5. The molecule has 1 aliphatic carbocycles. The molecule has 1 fully saturated rings. The Hall–Kier alpha value is -3.30. The fourth-order valence-corrected chi connectivity index (χ4v) is 7.25. The number of carbonyl (C=O) groups is 1. The number of hydrogen-bond donors (Lipinski definition) is 2. The van der Waals surface area contributed by atoms with Crippen molar-refractivity contribution in [2.45, 2.75) is 54.8 Å². The zero-order valence-corrected chi connectivity index (χ0v) is 22.1. The zero-order valence-electron chi connectivity index (χ0n) is 20.5. The molecule has 0 saturated heterocycles. The Balaban J connectivity index is 1.49. The van der Waals surface area contributed by atoms with Gasteiger partial charge < -0.3 is 10.3 Å². The van der Waals surface area contributed by atoms with E-state index in [4.69, 9.17) is 11.6 Å². The summed E-state index contributed by atoms with van der Waals surface area (Å²) in [5.41, 5.74) is -0.422. The number of halogens is 2. The fourth-order valence-electron chi connectivity index (χ4n) is 5.27. The molecule has 0 spiro atoms. The van der Waals surface area contributed by atoms with Gasteiger partial charge in [-0.2, -0.15) is 0 Å². The molecule has 2 aliphatic rings. The van der Waals surface area contributed by atoms with Crippen LogP contribution in [0.5, 0.6) is 0 Å². The number of H-pyrrole nitrogens is 1. The van der Waals surface area contributed by atoms with E-state index in [-0.39, 0.29) is 33.8 Å². The molecule has 198 valence electrons. The minimum atomic E-state index is -4.20. The van der Waals surface area contributed by atoms with Crippen LogP contribution in [0.15, 0.2) is 69.4 Å². The van der Waals surface area contributed by atoms with Crippen LogP contribution in [0.3, 0.4) is 0 Å². The summed E-state index contributed by atoms with van der Waals surface area (Å²) in [6.45, 7) is 0.143. The van der Waals surface area contributed by atoms with Crippen molar-refractivity contribution >= 4 is 44.5 Å². The van der Waals surface area contributed by atoms with Crippen LogP contribution in [0.4, 0.5) is 4.39 Å². The normalized spacial score (nSPS) is 19.7. The van der Waals surface area contributed by atoms with Gasteiger partial charge >= 0.3 is 0 Å². The van der Waals surface area contributed by atoms with Gasteiger partial charge in [-0.15, -0.1) is 0 Å². The third kappa shape index (κ3) is 4.92. The van der Waals surface area contributed by atoms with Crippen molar-refractivity contribution in [2.24, 2.45) is 10.9 Å². The number of amides is 1. The van der Waals surface area contributed by atoms with E-state index in [1.54, 1.807) is 36.4 Å².